The third kappa shape index (κ3) is 2.11. The van der Waals surface area contributed by atoms with Crippen LogP contribution < -0.4 is 5.73 Å². The fourth-order valence-electron chi connectivity index (χ4n) is 1.92. The monoisotopic (exact) mass is 227 g/mol. The molecule has 2 rings (SSSR count). The number of nitrogens with two attached hydrogens (primary N) is 1. The normalized spacial score (nSPS) is 25.2. The second kappa shape index (κ2) is 4.59. The number of rotatable bonds is 1. The summed E-state index contributed by atoms with van der Waals surface area (Å²) in [7, 11) is 1.78. The minimum atomic E-state index is -0.114. The molecule has 1 aromatic heterocycles. The number of halogens is 1. The molecule has 0 saturated carbocycles. The van der Waals surface area contributed by atoms with E-state index in [2.05, 4.69) is 4.98 Å². The van der Waals surface area contributed by atoms with Crippen molar-refractivity contribution in [3.63, 3.8) is 0 Å². The van der Waals surface area contributed by atoms with Crippen molar-refractivity contribution < 1.29 is 4.79 Å². The highest BCUT2D eigenvalue weighted by molar-refractivity contribution is 5.85. The van der Waals surface area contributed by atoms with Crippen LogP contribution in [0.25, 0.3) is 0 Å². The van der Waals surface area contributed by atoms with Crippen LogP contribution in [0.4, 0.5) is 0 Å². The van der Waals surface area contributed by atoms with Crippen molar-refractivity contribution in [3.8, 4) is 0 Å². The Labute approximate surface area is 94.9 Å². The van der Waals surface area contributed by atoms with E-state index in [1.165, 1.54) is 0 Å². The molecule has 0 aromatic carbocycles. The largest absolute Gasteiger partial charge is 0.337 e. The molecule has 2 heterocycles. The lowest BCUT2D eigenvalue weighted by atomic mass is 10.0. The van der Waals surface area contributed by atoms with Gasteiger partial charge < -0.3 is 10.6 Å². The average molecular weight is 228 g/mol. The van der Waals surface area contributed by atoms with E-state index in [1.807, 2.05) is 12.1 Å². The molecule has 0 radical (unpaired) electrons. The number of hydrogen-bond acceptors (Lipinski definition) is 3. The van der Waals surface area contributed by atoms with Crippen molar-refractivity contribution in [2.24, 2.45) is 5.73 Å². The number of amides is 1. The molecule has 2 atom stereocenters. The molecule has 82 valence electrons. The molecule has 1 saturated heterocycles. The van der Waals surface area contributed by atoms with E-state index in [9.17, 15) is 4.79 Å². The fraction of sp³-hybridized carbons (Fsp3) is 0.400. The van der Waals surface area contributed by atoms with Gasteiger partial charge in [0.05, 0.1) is 6.04 Å². The third-order valence-electron chi connectivity index (χ3n) is 2.65. The van der Waals surface area contributed by atoms with E-state index in [1.54, 1.807) is 24.3 Å². The van der Waals surface area contributed by atoms with Gasteiger partial charge in [-0.1, -0.05) is 6.07 Å². The number of likely N-dealkylation sites (tertiary alicyclic amines) is 1. The summed E-state index contributed by atoms with van der Waals surface area (Å²) in [6.45, 7) is 0. The SMILES string of the molecule is CN1C(=O)CC(N)C1c1cccnc1.Cl. The highest BCUT2D eigenvalue weighted by atomic mass is 35.5. The average Bonchev–Trinajstić information content (AvgIpc) is 2.43. The first kappa shape index (κ1) is 11.9. The zero-order valence-corrected chi connectivity index (χ0v) is 9.28. The van der Waals surface area contributed by atoms with Gasteiger partial charge in [-0.05, 0) is 11.6 Å². The van der Waals surface area contributed by atoms with Gasteiger partial charge >= 0.3 is 0 Å². The molecule has 0 bridgehead atoms. The number of carbonyl (C=O) groups is 1. The molecule has 2 unspecified atom stereocenters. The van der Waals surface area contributed by atoms with Crippen LogP contribution in [0.2, 0.25) is 0 Å². The first-order valence-electron chi connectivity index (χ1n) is 4.61. The van der Waals surface area contributed by atoms with E-state index in [0.29, 0.717) is 6.42 Å². The second-order valence-electron chi connectivity index (χ2n) is 3.60. The number of carbonyl (C=O) groups excluding carboxylic acids is 1. The minimum Gasteiger partial charge on any atom is -0.337 e. The van der Waals surface area contributed by atoms with Crippen molar-refractivity contribution in [1.82, 2.24) is 9.88 Å². The molecule has 1 fully saturated rings. The lowest BCUT2D eigenvalue weighted by molar-refractivity contribution is -0.127. The standard InChI is InChI=1S/C10H13N3O.ClH/c1-13-9(14)5-8(11)10(13)7-3-2-4-12-6-7;/h2-4,6,8,10H,5,11H2,1H3;1H. The van der Waals surface area contributed by atoms with E-state index in [0.717, 1.165) is 5.56 Å². The van der Waals surface area contributed by atoms with Gasteiger partial charge in [0.1, 0.15) is 0 Å². The Morgan fingerprint density at radius 3 is 2.80 bits per heavy atom. The van der Waals surface area contributed by atoms with Gasteiger partial charge in [-0.25, -0.2) is 0 Å². The van der Waals surface area contributed by atoms with Gasteiger partial charge in [0, 0.05) is 31.9 Å². The Morgan fingerprint density at radius 2 is 2.33 bits per heavy atom. The highest BCUT2D eigenvalue weighted by Gasteiger charge is 2.35. The van der Waals surface area contributed by atoms with Crippen molar-refractivity contribution in [2.45, 2.75) is 18.5 Å². The Kier molecular flexibility index (Phi) is 3.66. The summed E-state index contributed by atoms with van der Waals surface area (Å²) in [4.78, 5) is 17.1. The van der Waals surface area contributed by atoms with Crippen LogP contribution in [0.1, 0.15) is 18.0 Å². The Morgan fingerprint density at radius 1 is 1.60 bits per heavy atom. The maximum atomic E-state index is 11.4. The van der Waals surface area contributed by atoms with Gasteiger partial charge in [0.15, 0.2) is 0 Å². The van der Waals surface area contributed by atoms with Crippen LogP contribution in [-0.2, 0) is 4.79 Å². The number of nitrogens with zero attached hydrogens (tertiary/aromatic N) is 2. The molecular weight excluding hydrogens is 214 g/mol. The molecule has 15 heavy (non-hydrogen) atoms. The molecule has 1 aliphatic rings. The summed E-state index contributed by atoms with van der Waals surface area (Å²) in [5, 5.41) is 0. The smallest absolute Gasteiger partial charge is 0.224 e. The van der Waals surface area contributed by atoms with Gasteiger partial charge in [-0.2, -0.15) is 0 Å². The van der Waals surface area contributed by atoms with Crippen LogP contribution in [-0.4, -0.2) is 28.9 Å². The predicted octanol–water partition coefficient (Wildman–Crippen LogP) is 0.734. The van der Waals surface area contributed by atoms with Crippen molar-refractivity contribution in [1.29, 1.82) is 0 Å². The third-order valence-corrected chi connectivity index (χ3v) is 2.65. The summed E-state index contributed by atoms with van der Waals surface area (Å²) in [5.74, 6) is 0.103. The number of aromatic nitrogens is 1. The van der Waals surface area contributed by atoms with Gasteiger partial charge in [0.2, 0.25) is 5.91 Å². The second-order valence-corrected chi connectivity index (χ2v) is 3.60. The first-order valence-corrected chi connectivity index (χ1v) is 4.61. The van der Waals surface area contributed by atoms with Crippen LogP contribution in [0.5, 0.6) is 0 Å². The van der Waals surface area contributed by atoms with Crippen LogP contribution >= 0.6 is 12.4 Å². The Balaban J connectivity index is 0.00000112. The summed E-state index contributed by atoms with van der Waals surface area (Å²) >= 11 is 0. The van der Waals surface area contributed by atoms with Crippen LogP contribution in [0.15, 0.2) is 24.5 Å². The number of pyridine rings is 1. The molecule has 1 aromatic rings. The van der Waals surface area contributed by atoms with Crippen molar-refractivity contribution >= 4 is 18.3 Å². The molecule has 2 N–H and O–H groups in total. The minimum absolute atomic E-state index is 0. The predicted molar refractivity (Wildman–Crippen MR) is 59.6 cm³/mol. The first-order chi connectivity index (χ1) is 6.70. The van der Waals surface area contributed by atoms with Gasteiger partial charge in [0.25, 0.3) is 0 Å². The van der Waals surface area contributed by atoms with E-state index >= 15 is 0 Å². The molecule has 1 aliphatic heterocycles. The quantitative estimate of drug-likeness (QED) is 0.770. The van der Waals surface area contributed by atoms with E-state index in [4.69, 9.17) is 5.73 Å². The van der Waals surface area contributed by atoms with Crippen LogP contribution in [0.3, 0.4) is 0 Å². The van der Waals surface area contributed by atoms with Crippen molar-refractivity contribution in [3.05, 3.63) is 30.1 Å². The Hall–Kier alpha value is -1.13. The summed E-state index contributed by atoms with van der Waals surface area (Å²) in [6, 6.07) is 3.68. The summed E-state index contributed by atoms with van der Waals surface area (Å²) < 4.78 is 0. The van der Waals surface area contributed by atoms with Crippen molar-refractivity contribution in [2.75, 3.05) is 7.05 Å². The molecule has 5 heteroatoms. The van der Waals surface area contributed by atoms with Crippen LogP contribution in [0, 0.1) is 0 Å². The molecule has 0 aliphatic carbocycles. The maximum Gasteiger partial charge on any atom is 0.224 e. The molecule has 0 spiro atoms. The fourth-order valence-corrected chi connectivity index (χ4v) is 1.92. The van der Waals surface area contributed by atoms with E-state index < -0.39 is 0 Å². The maximum absolute atomic E-state index is 11.4. The van der Waals surface area contributed by atoms with Gasteiger partial charge in [-0.15, -0.1) is 12.4 Å². The zero-order chi connectivity index (χ0) is 10.1. The molecule has 4 nitrogen and oxygen atoms in total. The van der Waals surface area contributed by atoms with Gasteiger partial charge in [-0.3, -0.25) is 9.78 Å². The van der Waals surface area contributed by atoms with E-state index in [-0.39, 0.29) is 30.4 Å². The molecular formula is C10H14ClN3O. The summed E-state index contributed by atoms with van der Waals surface area (Å²) in [6.07, 6.45) is 3.90. The highest BCUT2D eigenvalue weighted by Crippen LogP contribution is 2.29. The topological polar surface area (TPSA) is 59.2 Å². The lowest BCUT2D eigenvalue weighted by Gasteiger charge is -2.22. The summed E-state index contributed by atoms with van der Waals surface area (Å²) in [5.41, 5.74) is 6.91. The molecule has 1 amide bonds. The zero-order valence-electron chi connectivity index (χ0n) is 8.46. The lowest BCUT2D eigenvalue weighted by Crippen LogP contribution is -2.30. The number of hydrogen-bond donors (Lipinski definition) is 1. The number of likely N-dealkylation sites (N-methyl/N-ethyl adjacent to an activating group) is 1. The Bertz CT molecular complexity index is 344.